The first-order chi connectivity index (χ1) is 10.9. The molecule has 3 heteroatoms. The molecule has 0 N–H and O–H groups in total. The molecule has 112 valence electrons. The molecule has 0 spiro atoms. The Bertz CT molecular complexity index is 719. The van der Waals surface area contributed by atoms with Gasteiger partial charge in [-0.1, -0.05) is 48.5 Å². The van der Waals surface area contributed by atoms with Crippen LogP contribution >= 0.6 is 0 Å². The van der Waals surface area contributed by atoms with Crippen LogP contribution in [0.5, 0.6) is 0 Å². The van der Waals surface area contributed by atoms with Gasteiger partial charge in [-0.05, 0) is 29.2 Å². The Balaban J connectivity index is 1.80. The Morgan fingerprint density at radius 3 is 2.41 bits per heavy atom. The van der Waals surface area contributed by atoms with E-state index >= 15 is 0 Å². The first-order valence-corrected chi connectivity index (χ1v) is 7.54. The molecule has 22 heavy (non-hydrogen) atoms. The van der Waals surface area contributed by atoms with Crippen LogP contribution in [-0.2, 0) is 11.3 Å². The number of hydrogen-bond donors (Lipinski definition) is 0. The van der Waals surface area contributed by atoms with Crippen LogP contribution in [-0.4, -0.2) is 23.5 Å². The van der Waals surface area contributed by atoms with E-state index in [9.17, 15) is 0 Å². The molecular formula is C19H20N2O. The number of rotatable bonds is 6. The van der Waals surface area contributed by atoms with Gasteiger partial charge < -0.3 is 4.74 Å². The summed E-state index contributed by atoms with van der Waals surface area (Å²) in [6.45, 7) is 1.64. The van der Waals surface area contributed by atoms with Crippen molar-refractivity contribution in [2.45, 2.75) is 13.0 Å². The van der Waals surface area contributed by atoms with Crippen molar-refractivity contribution in [2.24, 2.45) is 0 Å². The van der Waals surface area contributed by atoms with Gasteiger partial charge in [-0.15, -0.1) is 0 Å². The monoisotopic (exact) mass is 292 g/mol. The number of nitrogens with zero attached hydrogens (tertiary/aromatic N) is 2. The van der Waals surface area contributed by atoms with E-state index in [-0.39, 0.29) is 0 Å². The normalized spacial score (nSPS) is 10.8. The van der Waals surface area contributed by atoms with Gasteiger partial charge in [0, 0.05) is 32.0 Å². The summed E-state index contributed by atoms with van der Waals surface area (Å²) in [6, 6.07) is 19.0. The van der Waals surface area contributed by atoms with Crippen LogP contribution in [0.1, 0.15) is 6.42 Å². The first-order valence-electron chi connectivity index (χ1n) is 7.54. The lowest BCUT2D eigenvalue weighted by atomic mass is 10.0. The summed E-state index contributed by atoms with van der Waals surface area (Å²) in [5.74, 6) is 0. The number of aromatic nitrogens is 2. The third kappa shape index (κ3) is 3.43. The van der Waals surface area contributed by atoms with Gasteiger partial charge in [-0.3, -0.25) is 4.68 Å². The minimum Gasteiger partial charge on any atom is -0.385 e. The van der Waals surface area contributed by atoms with E-state index < -0.39 is 0 Å². The van der Waals surface area contributed by atoms with Gasteiger partial charge in [0.25, 0.3) is 0 Å². The topological polar surface area (TPSA) is 27.1 Å². The zero-order valence-electron chi connectivity index (χ0n) is 12.8. The summed E-state index contributed by atoms with van der Waals surface area (Å²) in [4.78, 5) is 0. The fourth-order valence-corrected chi connectivity index (χ4v) is 2.51. The molecule has 0 atom stereocenters. The number of benzene rings is 2. The van der Waals surface area contributed by atoms with Crippen molar-refractivity contribution in [3.05, 3.63) is 67.0 Å². The molecule has 2 aromatic carbocycles. The van der Waals surface area contributed by atoms with Gasteiger partial charge in [0.2, 0.25) is 0 Å². The summed E-state index contributed by atoms with van der Waals surface area (Å²) in [7, 11) is 1.73. The second kappa shape index (κ2) is 7.05. The highest BCUT2D eigenvalue weighted by atomic mass is 16.5. The van der Waals surface area contributed by atoms with Crippen molar-refractivity contribution >= 4 is 0 Å². The van der Waals surface area contributed by atoms with Crippen molar-refractivity contribution in [3.8, 4) is 22.3 Å². The average Bonchev–Trinajstić information content (AvgIpc) is 3.05. The van der Waals surface area contributed by atoms with Gasteiger partial charge in [0.05, 0.1) is 6.20 Å². The molecule has 0 aliphatic heterocycles. The number of aryl methyl sites for hydroxylation is 1. The number of hydrogen-bond acceptors (Lipinski definition) is 2. The molecule has 0 fully saturated rings. The van der Waals surface area contributed by atoms with Crippen molar-refractivity contribution < 1.29 is 4.74 Å². The molecule has 0 saturated carbocycles. The number of methoxy groups -OCH3 is 1. The van der Waals surface area contributed by atoms with Crippen LogP contribution in [0.15, 0.2) is 67.0 Å². The maximum absolute atomic E-state index is 5.08. The third-order valence-electron chi connectivity index (χ3n) is 3.67. The largest absolute Gasteiger partial charge is 0.385 e. The van der Waals surface area contributed by atoms with Crippen LogP contribution in [0.2, 0.25) is 0 Å². The fourth-order valence-electron chi connectivity index (χ4n) is 2.51. The van der Waals surface area contributed by atoms with Crippen molar-refractivity contribution in [1.82, 2.24) is 9.78 Å². The van der Waals surface area contributed by atoms with E-state index in [4.69, 9.17) is 4.74 Å². The summed E-state index contributed by atoms with van der Waals surface area (Å²) in [5.41, 5.74) is 4.80. The van der Waals surface area contributed by atoms with Gasteiger partial charge in [0.15, 0.2) is 0 Å². The molecule has 0 aliphatic rings. The predicted octanol–water partition coefficient (Wildman–Crippen LogP) is 4.25. The minimum absolute atomic E-state index is 0.763. The molecule has 0 saturated heterocycles. The number of ether oxygens (including phenoxy) is 1. The summed E-state index contributed by atoms with van der Waals surface area (Å²) in [6.07, 6.45) is 5.00. The van der Waals surface area contributed by atoms with Crippen LogP contribution < -0.4 is 0 Å². The maximum Gasteiger partial charge on any atom is 0.0568 e. The molecule has 0 amide bonds. The van der Waals surface area contributed by atoms with Gasteiger partial charge >= 0.3 is 0 Å². The second-order valence-corrected chi connectivity index (χ2v) is 5.29. The summed E-state index contributed by atoms with van der Waals surface area (Å²) in [5, 5.41) is 4.43. The summed E-state index contributed by atoms with van der Waals surface area (Å²) >= 11 is 0. The van der Waals surface area contributed by atoms with E-state index in [1.165, 1.54) is 16.7 Å². The van der Waals surface area contributed by atoms with Crippen molar-refractivity contribution in [1.29, 1.82) is 0 Å². The van der Waals surface area contributed by atoms with Crippen LogP contribution in [0.4, 0.5) is 0 Å². The Kier molecular flexibility index (Phi) is 4.66. The lowest BCUT2D eigenvalue weighted by Gasteiger charge is -2.04. The lowest BCUT2D eigenvalue weighted by Crippen LogP contribution is -2.01. The van der Waals surface area contributed by atoms with Gasteiger partial charge in [-0.2, -0.15) is 5.10 Å². The molecule has 0 aliphatic carbocycles. The lowest BCUT2D eigenvalue weighted by molar-refractivity contribution is 0.189. The SMILES string of the molecule is COCCCn1cc(-c2cccc(-c3ccccc3)c2)cn1. The molecule has 0 unspecified atom stereocenters. The van der Waals surface area contributed by atoms with E-state index in [1.807, 2.05) is 16.9 Å². The fraction of sp³-hybridized carbons (Fsp3) is 0.211. The molecule has 1 aromatic heterocycles. The highest BCUT2D eigenvalue weighted by molar-refractivity contribution is 5.72. The maximum atomic E-state index is 5.08. The van der Waals surface area contributed by atoms with Crippen LogP contribution in [0.3, 0.4) is 0 Å². The zero-order valence-corrected chi connectivity index (χ0v) is 12.8. The molecule has 3 rings (SSSR count). The quantitative estimate of drug-likeness (QED) is 0.635. The molecular weight excluding hydrogens is 272 g/mol. The van der Waals surface area contributed by atoms with Crippen molar-refractivity contribution in [2.75, 3.05) is 13.7 Å². The molecule has 3 aromatic rings. The molecule has 1 heterocycles. The Morgan fingerprint density at radius 1 is 0.909 bits per heavy atom. The van der Waals surface area contributed by atoms with E-state index in [0.29, 0.717) is 0 Å². The second-order valence-electron chi connectivity index (χ2n) is 5.29. The first kappa shape index (κ1) is 14.5. The smallest absolute Gasteiger partial charge is 0.0568 e. The predicted molar refractivity (Wildman–Crippen MR) is 89.6 cm³/mol. The molecule has 0 radical (unpaired) electrons. The van der Waals surface area contributed by atoms with E-state index in [1.54, 1.807) is 7.11 Å². The highest BCUT2D eigenvalue weighted by Crippen LogP contribution is 2.25. The van der Waals surface area contributed by atoms with E-state index in [2.05, 4.69) is 59.8 Å². The minimum atomic E-state index is 0.763. The Hall–Kier alpha value is -2.39. The standard InChI is InChI=1S/C19H20N2O/c1-22-12-6-11-21-15-19(14-20-21)18-10-5-9-17(13-18)16-7-3-2-4-8-16/h2-5,7-10,13-15H,6,11-12H2,1H3. The van der Waals surface area contributed by atoms with Gasteiger partial charge in [-0.25, -0.2) is 0 Å². The summed E-state index contributed by atoms with van der Waals surface area (Å²) < 4.78 is 7.05. The zero-order chi connectivity index (χ0) is 15.2. The van der Waals surface area contributed by atoms with Crippen molar-refractivity contribution in [3.63, 3.8) is 0 Å². The third-order valence-corrected chi connectivity index (χ3v) is 3.67. The average molecular weight is 292 g/mol. The van der Waals surface area contributed by atoms with Crippen LogP contribution in [0.25, 0.3) is 22.3 Å². The van der Waals surface area contributed by atoms with Crippen LogP contribution in [0, 0.1) is 0 Å². The molecule has 3 nitrogen and oxygen atoms in total. The highest BCUT2D eigenvalue weighted by Gasteiger charge is 2.04. The van der Waals surface area contributed by atoms with E-state index in [0.717, 1.165) is 25.1 Å². The van der Waals surface area contributed by atoms with Gasteiger partial charge in [0.1, 0.15) is 0 Å². The molecule has 0 bridgehead atoms. The Morgan fingerprint density at radius 2 is 1.64 bits per heavy atom. The Labute approximate surface area is 131 Å².